The Morgan fingerprint density at radius 1 is 1.21 bits per heavy atom. The molecule has 1 aliphatic heterocycles. The molecule has 1 amide bonds. The van der Waals surface area contributed by atoms with Crippen molar-refractivity contribution >= 4 is 57.4 Å². The van der Waals surface area contributed by atoms with Gasteiger partial charge in [0, 0.05) is 42.6 Å². The zero-order chi connectivity index (χ0) is 20.4. The second-order valence-corrected chi connectivity index (χ2v) is 9.27. The lowest BCUT2D eigenvalue weighted by Gasteiger charge is -2.38. The van der Waals surface area contributed by atoms with Crippen LogP contribution >= 0.6 is 34.5 Å². The number of fused-ring (bicyclic) bond motifs is 1. The molecule has 2 aromatic heterocycles. The molecule has 4 nitrogen and oxygen atoms in total. The highest BCUT2D eigenvalue weighted by molar-refractivity contribution is 7.16. The van der Waals surface area contributed by atoms with E-state index in [-0.39, 0.29) is 11.9 Å². The first kappa shape index (κ1) is 20.4. The fourth-order valence-corrected chi connectivity index (χ4v) is 4.79. The third-order valence-corrected chi connectivity index (χ3v) is 6.74. The van der Waals surface area contributed by atoms with Gasteiger partial charge in [-0.2, -0.15) is 0 Å². The number of amides is 1. The van der Waals surface area contributed by atoms with Gasteiger partial charge < -0.3 is 4.90 Å². The molecule has 1 aliphatic rings. The minimum Gasteiger partial charge on any atom is -0.336 e. The lowest BCUT2D eigenvalue weighted by atomic mass is 10.1. The van der Waals surface area contributed by atoms with Crippen molar-refractivity contribution in [3.05, 3.63) is 68.5 Å². The van der Waals surface area contributed by atoms with Crippen LogP contribution in [0.5, 0.6) is 0 Å². The number of nitrogens with zero attached hydrogens (tertiary/aromatic N) is 3. The third kappa shape index (κ3) is 4.64. The zero-order valence-corrected chi connectivity index (χ0v) is 18.3. The maximum Gasteiger partial charge on any atom is 0.239 e. The summed E-state index contributed by atoms with van der Waals surface area (Å²) in [5.74, 6) is 0.156. The van der Waals surface area contributed by atoms with Gasteiger partial charge in [0.05, 0.1) is 20.9 Å². The average molecular weight is 446 g/mol. The molecule has 1 unspecified atom stereocenters. The normalized spacial score (nSPS) is 18.2. The Kier molecular flexibility index (Phi) is 6.20. The number of carbonyl (C=O) groups excluding carboxylic acids is 1. The van der Waals surface area contributed by atoms with Crippen LogP contribution in [0.15, 0.2) is 48.7 Å². The summed E-state index contributed by atoms with van der Waals surface area (Å²) >= 11 is 13.7. The molecule has 0 spiro atoms. The highest BCUT2D eigenvalue weighted by atomic mass is 35.5. The summed E-state index contributed by atoms with van der Waals surface area (Å²) in [6.45, 7) is 4.87. The standard InChI is InChI=1S/C22H21Cl2N3OS/c1-15-22(28)27(12-11-26(15)10-2-3-17-5-7-21(24)29-17)14-16-4-6-18-19(23)8-9-25-20(18)13-16/h2-9,13,15H,10-12,14H2,1H3. The van der Waals surface area contributed by atoms with Crippen molar-refractivity contribution in [2.24, 2.45) is 0 Å². The first-order valence-electron chi connectivity index (χ1n) is 9.49. The van der Waals surface area contributed by atoms with Crippen molar-refractivity contribution in [3.8, 4) is 0 Å². The van der Waals surface area contributed by atoms with Gasteiger partial charge in [-0.15, -0.1) is 11.3 Å². The monoisotopic (exact) mass is 445 g/mol. The largest absolute Gasteiger partial charge is 0.336 e. The fraction of sp³-hybridized carbons (Fsp3) is 0.273. The minimum absolute atomic E-state index is 0.145. The number of hydrogen-bond donors (Lipinski definition) is 0. The van der Waals surface area contributed by atoms with E-state index in [1.807, 2.05) is 42.2 Å². The quantitative estimate of drug-likeness (QED) is 0.530. The predicted molar refractivity (Wildman–Crippen MR) is 122 cm³/mol. The Morgan fingerprint density at radius 3 is 2.86 bits per heavy atom. The Balaban J connectivity index is 1.39. The van der Waals surface area contributed by atoms with E-state index in [1.165, 1.54) is 0 Å². The zero-order valence-electron chi connectivity index (χ0n) is 16.0. The summed E-state index contributed by atoms with van der Waals surface area (Å²) in [6, 6.07) is 11.6. The van der Waals surface area contributed by atoms with Gasteiger partial charge in [0.2, 0.25) is 5.91 Å². The molecule has 7 heteroatoms. The number of hydrogen-bond acceptors (Lipinski definition) is 4. The summed E-state index contributed by atoms with van der Waals surface area (Å²) in [6.07, 6.45) is 5.87. The molecule has 1 atom stereocenters. The van der Waals surface area contributed by atoms with Crippen molar-refractivity contribution in [3.63, 3.8) is 0 Å². The van der Waals surface area contributed by atoms with Crippen LogP contribution in [-0.2, 0) is 11.3 Å². The molecule has 0 radical (unpaired) electrons. The van der Waals surface area contributed by atoms with E-state index in [9.17, 15) is 4.79 Å². The van der Waals surface area contributed by atoms with Gasteiger partial charge in [-0.3, -0.25) is 14.7 Å². The maximum atomic E-state index is 12.9. The van der Waals surface area contributed by atoms with Crippen LogP contribution in [0.4, 0.5) is 0 Å². The Labute approximate surface area is 184 Å². The number of thiophene rings is 1. The second-order valence-electron chi connectivity index (χ2n) is 7.12. The molecular weight excluding hydrogens is 425 g/mol. The number of rotatable bonds is 5. The maximum absolute atomic E-state index is 12.9. The van der Waals surface area contributed by atoms with E-state index in [4.69, 9.17) is 23.2 Å². The molecule has 0 saturated carbocycles. The minimum atomic E-state index is -0.145. The molecule has 1 saturated heterocycles. The van der Waals surface area contributed by atoms with Gasteiger partial charge in [0.15, 0.2) is 0 Å². The number of aromatic nitrogens is 1. The number of halogens is 2. The summed E-state index contributed by atoms with van der Waals surface area (Å²) in [5.41, 5.74) is 1.92. The Bertz CT molecular complexity index is 1070. The van der Waals surface area contributed by atoms with Gasteiger partial charge in [0.1, 0.15) is 0 Å². The van der Waals surface area contributed by atoms with Crippen LogP contribution in [0, 0.1) is 0 Å². The van der Waals surface area contributed by atoms with Crippen molar-refractivity contribution < 1.29 is 4.79 Å². The molecule has 3 aromatic rings. The van der Waals surface area contributed by atoms with Crippen LogP contribution in [0.2, 0.25) is 9.36 Å². The van der Waals surface area contributed by atoms with Crippen LogP contribution in [-0.4, -0.2) is 46.4 Å². The molecule has 0 N–H and O–H groups in total. The summed E-state index contributed by atoms with van der Waals surface area (Å²) < 4.78 is 0.785. The van der Waals surface area contributed by atoms with E-state index in [0.717, 1.165) is 38.8 Å². The number of pyridine rings is 1. The SMILES string of the molecule is CC1C(=O)N(Cc2ccc3c(Cl)ccnc3c2)CCN1CC=Cc1ccc(Cl)s1. The van der Waals surface area contributed by atoms with E-state index >= 15 is 0 Å². The summed E-state index contributed by atoms with van der Waals surface area (Å²) in [4.78, 5) is 22.5. The summed E-state index contributed by atoms with van der Waals surface area (Å²) in [5, 5.41) is 1.62. The first-order chi connectivity index (χ1) is 14.0. The molecule has 0 bridgehead atoms. The van der Waals surface area contributed by atoms with E-state index < -0.39 is 0 Å². The first-order valence-corrected chi connectivity index (χ1v) is 11.1. The molecule has 1 aromatic carbocycles. The second kappa shape index (κ2) is 8.84. The Hall–Kier alpha value is -1.92. The molecule has 1 fully saturated rings. The Morgan fingerprint density at radius 2 is 2.07 bits per heavy atom. The van der Waals surface area contributed by atoms with Crippen LogP contribution < -0.4 is 0 Å². The van der Waals surface area contributed by atoms with E-state index in [0.29, 0.717) is 18.1 Å². The average Bonchev–Trinajstić information content (AvgIpc) is 3.12. The van der Waals surface area contributed by atoms with Crippen molar-refractivity contribution in [2.75, 3.05) is 19.6 Å². The smallest absolute Gasteiger partial charge is 0.239 e. The van der Waals surface area contributed by atoms with E-state index in [2.05, 4.69) is 22.0 Å². The highest BCUT2D eigenvalue weighted by Crippen LogP contribution is 2.24. The number of benzene rings is 1. The molecule has 0 aliphatic carbocycles. The van der Waals surface area contributed by atoms with Gasteiger partial charge in [-0.1, -0.05) is 41.4 Å². The van der Waals surface area contributed by atoms with Crippen molar-refractivity contribution in [1.29, 1.82) is 0 Å². The summed E-state index contributed by atoms with van der Waals surface area (Å²) in [7, 11) is 0. The lowest BCUT2D eigenvalue weighted by molar-refractivity contribution is -0.141. The van der Waals surface area contributed by atoms with Gasteiger partial charge in [-0.05, 0) is 42.8 Å². The van der Waals surface area contributed by atoms with Crippen molar-refractivity contribution in [2.45, 2.75) is 19.5 Å². The van der Waals surface area contributed by atoms with Crippen LogP contribution in [0.25, 0.3) is 17.0 Å². The molecule has 150 valence electrons. The topological polar surface area (TPSA) is 36.4 Å². The number of carbonyl (C=O) groups is 1. The number of piperazine rings is 1. The predicted octanol–water partition coefficient (Wildman–Crippen LogP) is 5.35. The van der Waals surface area contributed by atoms with Crippen molar-refractivity contribution in [1.82, 2.24) is 14.8 Å². The van der Waals surface area contributed by atoms with Crippen LogP contribution in [0.3, 0.4) is 0 Å². The molecule has 3 heterocycles. The molecular formula is C22H21Cl2N3OS. The fourth-order valence-electron chi connectivity index (χ4n) is 3.58. The molecule has 29 heavy (non-hydrogen) atoms. The van der Waals surface area contributed by atoms with Crippen LogP contribution in [0.1, 0.15) is 17.4 Å². The highest BCUT2D eigenvalue weighted by Gasteiger charge is 2.30. The van der Waals surface area contributed by atoms with Gasteiger partial charge >= 0.3 is 0 Å². The van der Waals surface area contributed by atoms with Gasteiger partial charge in [0.25, 0.3) is 0 Å². The lowest BCUT2D eigenvalue weighted by Crippen LogP contribution is -2.55. The van der Waals surface area contributed by atoms with E-state index in [1.54, 1.807) is 23.6 Å². The van der Waals surface area contributed by atoms with Gasteiger partial charge in [-0.25, -0.2) is 0 Å². The third-order valence-electron chi connectivity index (χ3n) is 5.22. The molecule has 4 rings (SSSR count).